The summed E-state index contributed by atoms with van der Waals surface area (Å²) >= 11 is 4.10. The van der Waals surface area contributed by atoms with Crippen LogP contribution in [0.25, 0.3) is 11.3 Å². The number of nitrogens with zero attached hydrogens (tertiary/aromatic N) is 1. The lowest BCUT2D eigenvalue weighted by Crippen LogP contribution is -2.24. The van der Waals surface area contributed by atoms with Crippen molar-refractivity contribution in [3.05, 3.63) is 65.4 Å². The highest BCUT2D eigenvalue weighted by Gasteiger charge is 2.17. The van der Waals surface area contributed by atoms with Crippen LogP contribution in [0.15, 0.2) is 64.8 Å². The standard InChI is InChI=1S/C19H17N3O2S3/c1-2-10-20-15(23)12-26-19-21-16(13-7-4-3-5-8-13)18(27-19)22-17(24)14-9-6-11-25-14/h2-9,11H,1,10,12H2,(H,20,23)(H,22,24). The molecule has 0 aliphatic rings. The molecule has 138 valence electrons. The van der Waals surface area contributed by atoms with Crippen molar-refractivity contribution in [2.45, 2.75) is 4.34 Å². The Hall–Kier alpha value is -2.42. The third-order valence-electron chi connectivity index (χ3n) is 3.40. The van der Waals surface area contributed by atoms with E-state index in [1.807, 2.05) is 41.8 Å². The Balaban J connectivity index is 1.80. The van der Waals surface area contributed by atoms with E-state index in [1.165, 1.54) is 34.4 Å². The summed E-state index contributed by atoms with van der Waals surface area (Å²) in [6.45, 7) is 4.02. The van der Waals surface area contributed by atoms with Crippen LogP contribution >= 0.6 is 34.4 Å². The average molecular weight is 416 g/mol. The smallest absolute Gasteiger partial charge is 0.266 e. The molecule has 2 aromatic heterocycles. The zero-order valence-electron chi connectivity index (χ0n) is 14.3. The molecule has 2 heterocycles. The first-order valence-electron chi connectivity index (χ1n) is 8.09. The Morgan fingerprint density at radius 3 is 2.70 bits per heavy atom. The van der Waals surface area contributed by atoms with Crippen molar-refractivity contribution in [1.82, 2.24) is 10.3 Å². The SMILES string of the molecule is C=CCNC(=O)CSc1nc(-c2ccccc2)c(NC(=O)c2cccs2)s1. The molecule has 0 bridgehead atoms. The maximum absolute atomic E-state index is 12.5. The highest BCUT2D eigenvalue weighted by atomic mass is 32.2. The molecular formula is C19H17N3O2S3. The zero-order chi connectivity index (χ0) is 19.1. The van der Waals surface area contributed by atoms with E-state index in [-0.39, 0.29) is 17.6 Å². The van der Waals surface area contributed by atoms with Crippen LogP contribution in [0.4, 0.5) is 5.00 Å². The number of thiophene rings is 1. The second-order valence-corrected chi connectivity index (χ2v) is 8.51. The Kier molecular flexibility index (Phi) is 6.80. The second-order valence-electron chi connectivity index (χ2n) is 5.34. The maximum Gasteiger partial charge on any atom is 0.266 e. The molecule has 0 spiro atoms. The normalized spacial score (nSPS) is 10.4. The molecule has 0 aliphatic heterocycles. The summed E-state index contributed by atoms with van der Waals surface area (Å²) in [5, 5.41) is 8.23. The fourth-order valence-electron chi connectivity index (χ4n) is 2.18. The molecule has 0 radical (unpaired) electrons. The lowest BCUT2D eigenvalue weighted by Gasteiger charge is -2.03. The lowest BCUT2D eigenvalue weighted by molar-refractivity contribution is -0.118. The molecule has 0 fully saturated rings. The predicted octanol–water partition coefficient (Wildman–Crippen LogP) is 4.52. The summed E-state index contributed by atoms with van der Waals surface area (Å²) in [5.41, 5.74) is 1.62. The minimum absolute atomic E-state index is 0.0828. The number of benzene rings is 1. The van der Waals surface area contributed by atoms with E-state index >= 15 is 0 Å². The molecule has 2 amide bonds. The number of carbonyl (C=O) groups is 2. The number of nitrogens with one attached hydrogen (secondary N) is 2. The Labute approximate surface area is 169 Å². The van der Waals surface area contributed by atoms with Gasteiger partial charge in [-0.15, -0.1) is 17.9 Å². The van der Waals surface area contributed by atoms with Gasteiger partial charge in [-0.25, -0.2) is 4.98 Å². The maximum atomic E-state index is 12.5. The van der Waals surface area contributed by atoms with Crippen LogP contribution in [0.5, 0.6) is 0 Å². The summed E-state index contributed by atoms with van der Waals surface area (Å²) in [4.78, 5) is 29.5. The van der Waals surface area contributed by atoms with E-state index in [2.05, 4.69) is 22.2 Å². The molecule has 27 heavy (non-hydrogen) atoms. The van der Waals surface area contributed by atoms with Crippen molar-refractivity contribution >= 4 is 51.3 Å². The molecular weight excluding hydrogens is 398 g/mol. The van der Waals surface area contributed by atoms with Gasteiger partial charge in [-0.1, -0.05) is 65.6 Å². The van der Waals surface area contributed by atoms with Crippen LogP contribution in [0.1, 0.15) is 9.67 Å². The predicted molar refractivity (Wildman–Crippen MR) is 114 cm³/mol. The van der Waals surface area contributed by atoms with Crippen LogP contribution in [0.2, 0.25) is 0 Å². The first-order valence-corrected chi connectivity index (χ1v) is 10.8. The molecule has 5 nitrogen and oxygen atoms in total. The minimum Gasteiger partial charge on any atom is -0.352 e. The third kappa shape index (κ3) is 5.29. The molecule has 1 aromatic carbocycles. The number of rotatable bonds is 8. The van der Waals surface area contributed by atoms with Crippen molar-refractivity contribution in [2.75, 3.05) is 17.6 Å². The van der Waals surface area contributed by atoms with Crippen LogP contribution < -0.4 is 10.6 Å². The molecule has 0 unspecified atom stereocenters. The van der Waals surface area contributed by atoms with Gasteiger partial charge in [0.15, 0.2) is 4.34 Å². The topological polar surface area (TPSA) is 71.1 Å². The van der Waals surface area contributed by atoms with E-state index < -0.39 is 0 Å². The van der Waals surface area contributed by atoms with Crippen molar-refractivity contribution in [2.24, 2.45) is 0 Å². The van der Waals surface area contributed by atoms with Gasteiger partial charge < -0.3 is 10.6 Å². The molecule has 0 saturated heterocycles. The summed E-state index contributed by atoms with van der Waals surface area (Å²) in [6.07, 6.45) is 1.64. The van der Waals surface area contributed by atoms with Gasteiger partial charge in [-0.2, -0.15) is 0 Å². The second kappa shape index (κ2) is 9.50. The molecule has 8 heteroatoms. The molecule has 3 aromatic rings. The minimum atomic E-state index is -0.161. The fourth-order valence-corrected chi connectivity index (χ4v) is 4.68. The van der Waals surface area contributed by atoms with Crippen LogP contribution in [0.3, 0.4) is 0 Å². The Morgan fingerprint density at radius 2 is 2.00 bits per heavy atom. The van der Waals surface area contributed by atoms with Gasteiger partial charge in [0.2, 0.25) is 5.91 Å². The highest BCUT2D eigenvalue weighted by Crippen LogP contribution is 2.37. The van der Waals surface area contributed by atoms with E-state index in [1.54, 1.807) is 12.1 Å². The first-order chi connectivity index (χ1) is 13.2. The molecule has 0 atom stereocenters. The van der Waals surface area contributed by atoms with Crippen LogP contribution in [0, 0.1) is 0 Å². The van der Waals surface area contributed by atoms with E-state index in [4.69, 9.17) is 0 Å². The number of thioether (sulfide) groups is 1. The van der Waals surface area contributed by atoms with Gasteiger partial charge in [-0.3, -0.25) is 9.59 Å². The number of anilines is 1. The van der Waals surface area contributed by atoms with Crippen molar-refractivity contribution in [1.29, 1.82) is 0 Å². The summed E-state index contributed by atoms with van der Waals surface area (Å²) in [5.74, 6) is 0.0140. The fraction of sp³-hybridized carbons (Fsp3) is 0.105. The van der Waals surface area contributed by atoms with Gasteiger partial charge in [0, 0.05) is 12.1 Å². The average Bonchev–Trinajstić information content (AvgIpc) is 3.35. The summed E-state index contributed by atoms with van der Waals surface area (Å²) < 4.78 is 0.726. The molecule has 3 rings (SSSR count). The van der Waals surface area contributed by atoms with E-state index in [0.29, 0.717) is 22.1 Å². The lowest BCUT2D eigenvalue weighted by atomic mass is 10.2. The van der Waals surface area contributed by atoms with Gasteiger partial charge in [0.25, 0.3) is 5.91 Å². The van der Waals surface area contributed by atoms with E-state index in [9.17, 15) is 9.59 Å². The van der Waals surface area contributed by atoms with Crippen molar-refractivity contribution in [3.8, 4) is 11.3 Å². The zero-order valence-corrected chi connectivity index (χ0v) is 16.8. The highest BCUT2D eigenvalue weighted by molar-refractivity contribution is 8.01. The number of amides is 2. The summed E-state index contributed by atoms with van der Waals surface area (Å²) in [6, 6.07) is 13.3. The first kappa shape index (κ1) is 19.3. The summed E-state index contributed by atoms with van der Waals surface area (Å²) in [7, 11) is 0. The number of hydrogen-bond donors (Lipinski definition) is 2. The van der Waals surface area contributed by atoms with Gasteiger partial charge >= 0.3 is 0 Å². The number of thiazole rings is 1. The third-order valence-corrected chi connectivity index (χ3v) is 6.38. The quantitative estimate of drug-likeness (QED) is 0.419. The Morgan fingerprint density at radius 1 is 1.19 bits per heavy atom. The number of aromatic nitrogens is 1. The van der Waals surface area contributed by atoms with E-state index in [0.717, 1.165) is 9.90 Å². The monoisotopic (exact) mass is 415 g/mol. The van der Waals surface area contributed by atoms with Gasteiger partial charge in [-0.05, 0) is 11.4 Å². The molecule has 0 saturated carbocycles. The molecule has 2 N–H and O–H groups in total. The van der Waals surface area contributed by atoms with Crippen LogP contribution in [-0.4, -0.2) is 29.1 Å². The van der Waals surface area contributed by atoms with Gasteiger partial charge in [0.05, 0.1) is 10.6 Å². The van der Waals surface area contributed by atoms with Crippen LogP contribution in [-0.2, 0) is 4.79 Å². The Bertz CT molecular complexity index is 921. The van der Waals surface area contributed by atoms with Gasteiger partial charge in [0.1, 0.15) is 10.7 Å². The largest absolute Gasteiger partial charge is 0.352 e. The van der Waals surface area contributed by atoms with Crippen molar-refractivity contribution in [3.63, 3.8) is 0 Å². The number of carbonyl (C=O) groups excluding carboxylic acids is 2. The number of hydrogen-bond acceptors (Lipinski definition) is 6. The molecule has 0 aliphatic carbocycles. The van der Waals surface area contributed by atoms with Crippen molar-refractivity contribution < 1.29 is 9.59 Å².